The molecule has 0 aliphatic carbocycles. The van der Waals surface area contributed by atoms with Crippen LogP contribution in [0.1, 0.15) is 44.5 Å². The highest BCUT2D eigenvalue weighted by Crippen LogP contribution is 2.17. The molecule has 0 saturated heterocycles. The molecule has 0 amide bonds. The van der Waals surface area contributed by atoms with Gasteiger partial charge in [0, 0.05) is 0 Å². The zero-order valence-electron chi connectivity index (χ0n) is 21.5. The molecule has 4 aromatic carbocycles. The van der Waals surface area contributed by atoms with Crippen molar-refractivity contribution in [1.82, 2.24) is 0 Å². The van der Waals surface area contributed by atoms with E-state index in [2.05, 4.69) is 128 Å². The Labute approximate surface area is 200 Å². The lowest BCUT2D eigenvalue weighted by Gasteiger charge is -2.46. The van der Waals surface area contributed by atoms with Crippen molar-refractivity contribution < 1.29 is 0 Å². The first-order valence-electron chi connectivity index (χ1n) is 12.1. The second kappa shape index (κ2) is 8.71. The summed E-state index contributed by atoms with van der Waals surface area (Å²) < 4.78 is 0. The molecule has 0 fully saturated rings. The number of rotatable bonds is 4. The molecule has 0 saturated carbocycles. The van der Waals surface area contributed by atoms with Gasteiger partial charge in [-0.15, -0.1) is 0 Å². The van der Waals surface area contributed by atoms with E-state index in [9.17, 15) is 0 Å². The summed E-state index contributed by atoms with van der Waals surface area (Å²) in [5.41, 5.74) is 16.1. The highest BCUT2D eigenvalue weighted by atomic mass is 14.2. The van der Waals surface area contributed by atoms with E-state index in [4.69, 9.17) is 0 Å². The predicted molar refractivity (Wildman–Crippen MR) is 148 cm³/mol. The maximum atomic E-state index is 2.42. The van der Waals surface area contributed by atoms with Gasteiger partial charge >= 0.3 is 0 Å². The van der Waals surface area contributed by atoms with E-state index in [-0.39, 0.29) is 0 Å². The molecule has 0 nitrogen and oxygen atoms in total. The maximum Gasteiger partial charge on any atom is 0.108 e. The minimum atomic E-state index is -1.37. The van der Waals surface area contributed by atoms with E-state index in [1.807, 2.05) is 0 Å². The van der Waals surface area contributed by atoms with Gasteiger partial charge in [-0.1, -0.05) is 117 Å². The van der Waals surface area contributed by atoms with Crippen LogP contribution in [0.15, 0.2) is 72.8 Å². The van der Waals surface area contributed by atoms with E-state index < -0.39 is 6.15 Å². The molecule has 0 radical (unpaired) electrons. The van der Waals surface area contributed by atoms with Crippen LogP contribution in [0.3, 0.4) is 0 Å². The van der Waals surface area contributed by atoms with E-state index in [0.717, 1.165) is 0 Å². The molecule has 0 atom stereocenters. The van der Waals surface area contributed by atoms with Crippen molar-refractivity contribution in [3.8, 4) is 0 Å². The van der Waals surface area contributed by atoms with Crippen molar-refractivity contribution in [1.29, 1.82) is 0 Å². The normalized spacial score (nSPS) is 11.6. The van der Waals surface area contributed by atoms with Gasteiger partial charge in [0.05, 0.1) is 0 Å². The second-order valence-corrected chi connectivity index (χ2v) is 10.6. The van der Waals surface area contributed by atoms with Crippen molar-refractivity contribution in [3.05, 3.63) is 117 Å². The average molecular weight is 431 g/mol. The molecular weight excluding hydrogens is 395 g/mol. The predicted octanol–water partition coefficient (Wildman–Crippen LogP) is 5.53. The monoisotopic (exact) mass is 431 g/mol. The van der Waals surface area contributed by atoms with E-state index >= 15 is 0 Å². The Morgan fingerprint density at radius 2 is 0.424 bits per heavy atom. The minimum absolute atomic E-state index is 1.31. The lowest BCUT2D eigenvalue weighted by molar-refractivity contribution is 1.37. The standard InChI is InChI=1S/C32H36B/c1-21-9-22(2)14-29(13-21)33(30-15-23(3)10-24(4)16-30,31-17-25(5)11-26(6)18-31)32-19-27(7)12-28(8)20-32/h9-20H,1-8H3/q-1. The molecule has 0 N–H and O–H groups in total. The molecule has 0 aromatic heterocycles. The van der Waals surface area contributed by atoms with Gasteiger partial charge < -0.3 is 0 Å². The van der Waals surface area contributed by atoms with Crippen molar-refractivity contribution in [2.24, 2.45) is 0 Å². The first-order valence-corrected chi connectivity index (χ1v) is 12.1. The largest absolute Gasteiger partial charge is 0.195 e. The first kappa shape index (κ1) is 23.1. The van der Waals surface area contributed by atoms with Crippen LogP contribution in [0.25, 0.3) is 0 Å². The van der Waals surface area contributed by atoms with E-state index in [1.54, 1.807) is 0 Å². The molecule has 0 bridgehead atoms. The Bertz CT molecular complexity index is 1050. The smallest absolute Gasteiger partial charge is 0.108 e. The zero-order chi connectivity index (χ0) is 23.9. The molecule has 0 unspecified atom stereocenters. The third-order valence-electron chi connectivity index (χ3n) is 6.98. The Hall–Kier alpha value is -3.06. The van der Waals surface area contributed by atoms with Crippen molar-refractivity contribution in [2.75, 3.05) is 0 Å². The highest BCUT2D eigenvalue weighted by molar-refractivity contribution is 7.20. The third-order valence-corrected chi connectivity index (χ3v) is 6.98. The molecule has 1 heteroatoms. The number of benzene rings is 4. The second-order valence-electron chi connectivity index (χ2n) is 10.6. The number of hydrogen-bond acceptors (Lipinski definition) is 0. The molecule has 0 aliphatic rings. The fraction of sp³-hybridized carbons (Fsp3) is 0.250. The van der Waals surface area contributed by atoms with Crippen LogP contribution in [0.5, 0.6) is 0 Å². The summed E-state index contributed by atoms with van der Waals surface area (Å²) >= 11 is 0. The average Bonchev–Trinajstić information content (AvgIpc) is 2.65. The van der Waals surface area contributed by atoms with E-state index in [0.29, 0.717) is 0 Å². The molecule has 0 aliphatic heterocycles. The lowest BCUT2D eigenvalue weighted by Crippen LogP contribution is -2.75. The van der Waals surface area contributed by atoms with Crippen LogP contribution < -0.4 is 21.9 Å². The van der Waals surface area contributed by atoms with Gasteiger partial charge in [0.25, 0.3) is 0 Å². The Balaban J connectivity index is 2.28. The summed E-state index contributed by atoms with van der Waals surface area (Å²) in [5, 5.41) is 0. The lowest BCUT2D eigenvalue weighted by atomic mass is 9.12. The Morgan fingerprint density at radius 3 is 0.576 bits per heavy atom. The quantitative estimate of drug-likeness (QED) is 0.373. The minimum Gasteiger partial charge on any atom is -0.195 e. The third kappa shape index (κ3) is 4.42. The first-order chi connectivity index (χ1) is 15.6. The van der Waals surface area contributed by atoms with Gasteiger partial charge in [0.2, 0.25) is 0 Å². The van der Waals surface area contributed by atoms with Crippen LogP contribution >= 0.6 is 0 Å². The summed E-state index contributed by atoms with van der Waals surface area (Å²) in [7, 11) is 0. The van der Waals surface area contributed by atoms with Crippen molar-refractivity contribution in [3.63, 3.8) is 0 Å². The molecule has 33 heavy (non-hydrogen) atoms. The van der Waals surface area contributed by atoms with Crippen molar-refractivity contribution in [2.45, 2.75) is 55.4 Å². The Kier molecular flexibility index (Phi) is 6.10. The number of aryl methyl sites for hydroxylation is 8. The maximum absolute atomic E-state index is 2.42. The topological polar surface area (TPSA) is 0 Å². The fourth-order valence-corrected chi connectivity index (χ4v) is 6.19. The summed E-state index contributed by atoms with van der Waals surface area (Å²) in [6.45, 7) is 17.8. The summed E-state index contributed by atoms with van der Waals surface area (Å²) in [5.74, 6) is 0. The van der Waals surface area contributed by atoms with Crippen LogP contribution in [-0.4, -0.2) is 6.15 Å². The zero-order valence-corrected chi connectivity index (χ0v) is 21.5. The highest BCUT2D eigenvalue weighted by Gasteiger charge is 2.33. The van der Waals surface area contributed by atoms with Crippen LogP contribution in [0.2, 0.25) is 0 Å². The van der Waals surface area contributed by atoms with Gasteiger partial charge in [-0.3, -0.25) is 0 Å². The summed E-state index contributed by atoms with van der Waals surface area (Å²) in [4.78, 5) is 0. The van der Waals surface area contributed by atoms with Gasteiger partial charge in [-0.05, 0) is 55.4 Å². The number of hydrogen-bond donors (Lipinski definition) is 0. The summed E-state index contributed by atoms with van der Waals surface area (Å²) in [6, 6.07) is 28.5. The van der Waals surface area contributed by atoms with Gasteiger partial charge in [0.15, 0.2) is 0 Å². The molecule has 4 rings (SSSR count). The molecule has 0 heterocycles. The van der Waals surface area contributed by atoms with Gasteiger partial charge in [0.1, 0.15) is 6.15 Å². The van der Waals surface area contributed by atoms with Crippen LogP contribution in [-0.2, 0) is 0 Å². The molecular formula is C32H36B-. The van der Waals surface area contributed by atoms with Crippen LogP contribution in [0.4, 0.5) is 0 Å². The summed E-state index contributed by atoms with van der Waals surface area (Å²) in [6.07, 6.45) is -1.37. The van der Waals surface area contributed by atoms with Gasteiger partial charge in [-0.25, -0.2) is 0 Å². The van der Waals surface area contributed by atoms with Crippen molar-refractivity contribution >= 4 is 28.0 Å². The fourth-order valence-electron chi connectivity index (χ4n) is 6.19. The SMILES string of the molecule is Cc1cc(C)cc([B-](c2cc(C)cc(C)c2)(c2cc(C)cc(C)c2)c2cc(C)cc(C)c2)c1. The van der Waals surface area contributed by atoms with Gasteiger partial charge in [-0.2, -0.15) is 21.9 Å². The molecule has 0 spiro atoms. The van der Waals surface area contributed by atoms with E-state index in [1.165, 1.54) is 66.4 Å². The van der Waals surface area contributed by atoms with Crippen LogP contribution in [0, 0.1) is 55.4 Å². The molecule has 168 valence electrons. The molecule has 4 aromatic rings. The Morgan fingerprint density at radius 1 is 0.273 bits per heavy atom.